The third-order valence-corrected chi connectivity index (χ3v) is 5.24. The number of hydrogen-bond donors (Lipinski definition) is 2. The van der Waals surface area contributed by atoms with Crippen LogP contribution in [0.1, 0.15) is 31.2 Å². The Labute approximate surface area is 164 Å². The van der Waals surface area contributed by atoms with E-state index in [0.29, 0.717) is 36.6 Å². The number of nitrogens with one attached hydrogen (secondary N) is 1. The fourth-order valence-electron chi connectivity index (χ4n) is 3.41. The molecule has 1 aliphatic heterocycles. The summed E-state index contributed by atoms with van der Waals surface area (Å²) in [6.07, 6.45) is 3.66. The van der Waals surface area contributed by atoms with Crippen molar-refractivity contribution in [2.75, 3.05) is 18.5 Å². The predicted octanol–water partition coefficient (Wildman–Crippen LogP) is 3.86. The van der Waals surface area contributed by atoms with Gasteiger partial charge in [0.2, 0.25) is 5.91 Å². The smallest absolute Gasteiger partial charge is 0.227 e. The van der Waals surface area contributed by atoms with Crippen LogP contribution in [0.5, 0.6) is 5.75 Å². The van der Waals surface area contributed by atoms with Gasteiger partial charge in [0.1, 0.15) is 17.7 Å². The second kappa shape index (κ2) is 8.29. The number of amides is 1. The van der Waals surface area contributed by atoms with Crippen LogP contribution in [0.3, 0.4) is 0 Å². The highest BCUT2D eigenvalue weighted by Crippen LogP contribution is 2.33. The second-order valence-corrected chi connectivity index (χ2v) is 7.41. The number of ether oxygens (including phenoxy) is 2. The Balaban J connectivity index is 1.56. The molecule has 148 valence electrons. The van der Waals surface area contributed by atoms with Gasteiger partial charge in [0, 0.05) is 42.1 Å². The summed E-state index contributed by atoms with van der Waals surface area (Å²) in [6.45, 7) is 1.70. The lowest BCUT2D eigenvalue weighted by molar-refractivity contribution is -0.117. The quantitative estimate of drug-likeness (QED) is 0.793. The van der Waals surface area contributed by atoms with Gasteiger partial charge < -0.3 is 20.5 Å². The highest BCUT2D eigenvalue weighted by atomic mass is 19.1. The van der Waals surface area contributed by atoms with Gasteiger partial charge in [0.25, 0.3) is 0 Å². The lowest BCUT2D eigenvalue weighted by Gasteiger charge is -2.24. The first-order valence-corrected chi connectivity index (χ1v) is 9.82. The average molecular weight is 384 g/mol. The summed E-state index contributed by atoms with van der Waals surface area (Å²) in [5, 5.41) is 2.87. The molecular weight excluding hydrogens is 359 g/mol. The van der Waals surface area contributed by atoms with Gasteiger partial charge in [-0.3, -0.25) is 4.79 Å². The molecule has 1 saturated heterocycles. The predicted molar refractivity (Wildman–Crippen MR) is 106 cm³/mol. The molecule has 28 heavy (non-hydrogen) atoms. The third kappa shape index (κ3) is 4.34. The molecule has 1 aliphatic carbocycles. The summed E-state index contributed by atoms with van der Waals surface area (Å²) < 4.78 is 25.9. The summed E-state index contributed by atoms with van der Waals surface area (Å²) in [6, 6.07) is 10.2. The van der Waals surface area contributed by atoms with E-state index in [4.69, 9.17) is 15.2 Å². The fraction of sp³-hybridized carbons (Fsp3) is 0.409. The molecule has 2 fully saturated rings. The van der Waals surface area contributed by atoms with Crippen molar-refractivity contribution in [3.8, 4) is 16.9 Å². The Morgan fingerprint density at radius 3 is 2.64 bits per heavy atom. The van der Waals surface area contributed by atoms with E-state index in [1.165, 1.54) is 6.07 Å². The van der Waals surface area contributed by atoms with Crippen molar-refractivity contribution in [3.05, 3.63) is 47.8 Å². The molecule has 0 atom stereocenters. The SMILES string of the molecule is NCc1cc(-c2cc(NC(=O)C3CC3)ccc2F)ccc1OC1CCOCC1. The lowest BCUT2D eigenvalue weighted by atomic mass is 10.0. The molecule has 3 N–H and O–H groups in total. The number of benzene rings is 2. The van der Waals surface area contributed by atoms with Crippen LogP contribution < -0.4 is 15.8 Å². The van der Waals surface area contributed by atoms with E-state index >= 15 is 0 Å². The second-order valence-electron chi connectivity index (χ2n) is 7.41. The number of anilines is 1. The molecule has 4 rings (SSSR count). The van der Waals surface area contributed by atoms with E-state index in [2.05, 4.69) is 5.32 Å². The molecule has 2 aromatic carbocycles. The summed E-state index contributed by atoms with van der Waals surface area (Å²) in [4.78, 5) is 12.0. The van der Waals surface area contributed by atoms with E-state index in [-0.39, 0.29) is 23.7 Å². The van der Waals surface area contributed by atoms with Gasteiger partial charge in [0.05, 0.1) is 13.2 Å². The summed E-state index contributed by atoms with van der Waals surface area (Å²) in [5.74, 6) is 0.488. The topological polar surface area (TPSA) is 73.6 Å². The van der Waals surface area contributed by atoms with E-state index in [1.807, 2.05) is 18.2 Å². The first-order valence-electron chi connectivity index (χ1n) is 9.82. The van der Waals surface area contributed by atoms with E-state index < -0.39 is 0 Å². The molecule has 2 aromatic rings. The fourth-order valence-corrected chi connectivity index (χ4v) is 3.41. The number of hydrogen-bond acceptors (Lipinski definition) is 4. The zero-order valence-electron chi connectivity index (χ0n) is 15.7. The molecule has 1 saturated carbocycles. The third-order valence-electron chi connectivity index (χ3n) is 5.24. The lowest BCUT2D eigenvalue weighted by Crippen LogP contribution is -2.26. The molecular formula is C22H25FN2O3. The van der Waals surface area contributed by atoms with Crippen LogP contribution in [0, 0.1) is 11.7 Å². The van der Waals surface area contributed by atoms with Crippen molar-refractivity contribution < 1.29 is 18.7 Å². The Hall–Kier alpha value is -2.44. The number of carbonyl (C=O) groups excluding carboxylic acids is 1. The number of nitrogens with two attached hydrogens (primary N) is 1. The monoisotopic (exact) mass is 384 g/mol. The molecule has 6 heteroatoms. The number of halogens is 1. The van der Waals surface area contributed by atoms with Gasteiger partial charge in [0.15, 0.2) is 0 Å². The first-order chi connectivity index (χ1) is 13.6. The van der Waals surface area contributed by atoms with Crippen LogP contribution in [-0.2, 0) is 16.1 Å². The Bertz CT molecular complexity index is 861. The summed E-state index contributed by atoms with van der Waals surface area (Å²) in [5.41, 5.74) is 8.49. The van der Waals surface area contributed by atoms with Gasteiger partial charge >= 0.3 is 0 Å². The molecule has 0 aromatic heterocycles. The van der Waals surface area contributed by atoms with Crippen molar-refractivity contribution in [2.45, 2.75) is 38.3 Å². The van der Waals surface area contributed by atoms with Crippen LogP contribution in [0.15, 0.2) is 36.4 Å². The Kier molecular flexibility index (Phi) is 5.59. The van der Waals surface area contributed by atoms with E-state index in [0.717, 1.165) is 37.0 Å². The molecule has 5 nitrogen and oxygen atoms in total. The highest BCUT2D eigenvalue weighted by molar-refractivity contribution is 5.94. The van der Waals surface area contributed by atoms with Gasteiger partial charge in [-0.1, -0.05) is 6.07 Å². The van der Waals surface area contributed by atoms with Crippen molar-refractivity contribution in [3.63, 3.8) is 0 Å². The van der Waals surface area contributed by atoms with Crippen LogP contribution in [-0.4, -0.2) is 25.2 Å². The van der Waals surface area contributed by atoms with E-state index in [9.17, 15) is 9.18 Å². The minimum absolute atomic E-state index is 0.000384. The summed E-state index contributed by atoms with van der Waals surface area (Å²) in [7, 11) is 0. The maximum absolute atomic E-state index is 14.5. The van der Waals surface area contributed by atoms with Crippen molar-refractivity contribution in [1.29, 1.82) is 0 Å². The maximum atomic E-state index is 14.5. The molecule has 0 spiro atoms. The number of rotatable bonds is 6. The molecule has 1 amide bonds. The van der Waals surface area contributed by atoms with Crippen LogP contribution >= 0.6 is 0 Å². The van der Waals surface area contributed by atoms with Crippen LogP contribution in [0.2, 0.25) is 0 Å². The molecule has 1 heterocycles. The van der Waals surface area contributed by atoms with Crippen molar-refractivity contribution in [2.24, 2.45) is 11.7 Å². The molecule has 2 aliphatic rings. The van der Waals surface area contributed by atoms with E-state index in [1.54, 1.807) is 12.1 Å². The normalized spacial score (nSPS) is 17.4. The largest absolute Gasteiger partial charge is 0.490 e. The average Bonchev–Trinajstić information content (AvgIpc) is 3.56. The van der Waals surface area contributed by atoms with Crippen molar-refractivity contribution in [1.82, 2.24) is 0 Å². The first kappa shape index (κ1) is 18.9. The standard InChI is InChI=1S/C22H25FN2O3/c23-20-5-4-17(25-22(26)14-1-2-14)12-19(20)15-3-6-21(16(11-15)13-24)28-18-7-9-27-10-8-18/h3-6,11-12,14,18H,1-2,7-10,13,24H2,(H,25,26). The Morgan fingerprint density at radius 1 is 1.14 bits per heavy atom. The van der Waals surface area contributed by atoms with Gasteiger partial charge in [-0.2, -0.15) is 0 Å². The Morgan fingerprint density at radius 2 is 1.93 bits per heavy atom. The minimum atomic E-state index is -0.342. The van der Waals surface area contributed by atoms with Crippen LogP contribution in [0.25, 0.3) is 11.1 Å². The summed E-state index contributed by atoms with van der Waals surface area (Å²) >= 11 is 0. The van der Waals surface area contributed by atoms with Gasteiger partial charge in [-0.15, -0.1) is 0 Å². The van der Waals surface area contributed by atoms with Crippen molar-refractivity contribution >= 4 is 11.6 Å². The van der Waals surface area contributed by atoms with Gasteiger partial charge in [-0.25, -0.2) is 4.39 Å². The highest BCUT2D eigenvalue weighted by Gasteiger charge is 2.29. The maximum Gasteiger partial charge on any atom is 0.227 e. The minimum Gasteiger partial charge on any atom is -0.490 e. The molecule has 0 unspecified atom stereocenters. The number of carbonyl (C=O) groups is 1. The zero-order valence-corrected chi connectivity index (χ0v) is 15.7. The molecule has 0 radical (unpaired) electrons. The van der Waals surface area contributed by atoms with Crippen LogP contribution in [0.4, 0.5) is 10.1 Å². The molecule has 0 bridgehead atoms. The zero-order chi connectivity index (χ0) is 19.5. The van der Waals surface area contributed by atoms with Gasteiger partial charge in [-0.05, 0) is 48.7 Å².